The molecule has 108 valence electrons. The minimum Gasteiger partial charge on any atom is -0.366 e. The number of likely N-dealkylation sites (N-methyl/N-ethyl adjacent to an activating group) is 1. The Kier molecular flexibility index (Phi) is 4.45. The molecule has 20 heavy (non-hydrogen) atoms. The van der Waals surface area contributed by atoms with Gasteiger partial charge in [0.25, 0.3) is 0 Å². The van der Waals surface area contributed by atoms with Crippen LogP contribution >= 0.6 is 0 Å². The van der Waals surface area contributed by atoms with Crippen molar-refractivity contribution < 1.29 is 0 Å². The molecule has 2 aromatic rings. The number of hydrogen-bond donors (Lipinski definition) is 1. The average molecular weight is 272 g/mol. The normalized spacial score (nSPS) is 12.4. The zero-order chi connectivity index (χ0) is 14.7. The molecule has 0 aliphatic rings. The van der Waals surface area contributed by atoms with Gasteiger partial charge in [-0.2, -0.15) is 5.10 Å². The van der Waals surface area contributed by atoms with Gasteiger partial charge in [0.05, 0.1) is 11.7 Å². The Morgan fingerprint density at radius 1 is 1.30 bits per heavy atom. The van der Waals surface area contributed by atoms with E-state index in [2.05, 4.69) is 54.4 Å². The van der Waals surface area contributed by atoms with Gasteiger partial charge in [-0.05, 0) is 31.0 Å². The molecule has 0 aliphatic carbocycles. The highest BCUT2D eigenvalue weighted by atomic mass is 15.3. The number of hydrogen-bond acceptors (Lipinski definition) is 3. The van der Waals surface area contributed by atoms with Gasteiger partial charge >= 0.3 is 0 Å². The van der Waals surface area contributed by atoms with Gasteiger partial charge in [0, 0.05) is 38.1 Å². The molecule has 0 amide bonds. The first kappa shape index (κ1) is 14.6. The van der Waals surface area contributed by atoms with Crippen LogP contribution in [0.4, 0.5) is 5.69 Å². The average Bonchev–Trinajstić information content (AvgIpc) is 2.78. The minimum absolute atomic E-state index is 0.149. The van der Waals surface area contributed by atoms with Crippen LogP contribution in [-0.2, 0) is 13.5 Å². The standard InChI is InChI=1S/C16H24N4/c1-5-13-6-8-14(9-7-13)20(4)16(10-17)15-11-19(3)18-12(15)2/h6-9,11,16H,5,10,17H2,1-4H3. The molecule has 0 fully saturated rings. The van der Waals surface area contributed by atoms with E-state index in [1.54, 1.807) is 0 Å². The third kappa shape index (κ3) is 2.85. The third-order valence-electron chi connectivity index (χ3n) is 3.85. The first-order valence-corrected chi connectivity index (χ1v) is 7.08. The third-order valence-corrected chi connectivity index (χ3v) is 3.85. The number of benzene rings is 1. The first-order valence-electron chi connectivity index (χ1n) is 7.08. The van der Waals surface area contributed by atoms with Crippen molar-refractivity contribution in [3.05, 3.63) is 47.3 Å². The fraction of sp³-hybridized carbons (Fsp3) is 0.438. The van der Waals surface area contributed by atoms with Gasteiger partial charge in [0.1, 0.15) is 0 Å². The van der Waals surface area contributed by atoms with Gasteiger partial charge in [0.15, 0.2) is 0 Å². The lowest BCUT2D eigenvalue weighted by atomic mass is 10.1. The smallest absolute Gasteiger partial charge is 0.0694 e. The quantitative estimate of drug-likeness (QED) is 0.909. The Morgan fingerprint density at radius 3 is 2.40 bits per heavy atom. The van der Waals surface area contributed by atoms with E-state index in [0.717, 1.165) is 12.1 Å². The van der Waals surface area contributed by atoms with Crippen LogP contribution in [0.15, 0.2) is 30.5 Å². The van der Waals surface area contributed by atoms with Crippen molar-refractivity contribution in [1.29, 1.82) is 0 Å². The van der Waals surface area contributed by atoms with Gasteiger partial charge in [-0.3, -0.25) is 4.68 Å². The molecule has 1 heterocycles. The number of anilines is 1. The van der Waals surface area contributed by atoms with Gasteiger partial charge in [-0.1, -0.05) is 19.1 Å². The summed E-state index contributed by atoms with van der Waals surface area (Å²) in [5.74, 6) is 0. The molecular weight excluding hydrogens is 248 g/mol. The zero-order valence-electron chi connectivity index (χ0n) is 12.8. The van der Waals surface area contributed by atoms with Crippen LogP contribution in [0.2, 0.25) is 0 Å². The fourth-order valence-corrected chi connectivity index (χ4v) is 2.59. The Morgan fingerprint density at radius 2 is 1.95 bits per heavy atom. The molecule has 4 heteroatoms. The highest BCUT2D eigenvalue weighted by Crippen LogP contribution is 2.26. The van der Waals surface area contributed by atoms with E-state index < -0.39 is 0 Å². The SMILES string of the molecule is CCc1ccc(N(C)C(CN)c2cn(C)nc2C)cc1. The number of nitrogens with zero attached hydrogens (tertiary/aromatic N) is 3. The molecule has 1 aromatic carbocycles. The summed E-state index contributed by atoms with van der Waals surface area (Å²) in [4.78, 5) is 2.23. The van der Waals surface area contributed by atoms with Crippen molar-refractivity contribution in [3.63, 3.8) is 0 Å². The number of aromatic nitrogens is 2. The lowest BCUT2D eigenvalue weighted by molar-refractivity contribution is 0.676. The molecule has 2 N–H and O–H groups in total. The summed E-state index contributed by atoms with van der Waals surface area (Å²) < 4.78 is 1.85. The molecular formula is C16H24N4. The van der Waals surface area contributed by atoms with Crippen LogP contribution in [0.25, 0.3) is 0 Å². The number of rotatable bonds is 5. The summed E-state index contributed by atoms with van der Waals surface area (Å²) in [6.07, 6.45) is 3.12. The molecule has 0 bridgehead atoms. The maximum absolute atomic E-state index is 6.00. The van der Waals surface area contributed by atoms with E-state index in [9.17, 15) is 0 Å². The van der Waals surface area contributed by atoms with E-state index in [0.29, 0.717) is 6.54 Å². The fourth-order valence-electron chi connectivity index (χ4n) is 2.59. The molecule has 0 saturated heterocycles. The summed E-state index contributed by atoms with van der Waals surface area (Å²) in [6, 6.07) is 8.82. The highest BCUT2D eigenvalue weighted by molar-refractivity contribution is 5.49. The summed E-state index contributed by atoms with van der Waals surface area (Å²) in [6.45, 7) is 4.77. The second-order valence-electron chi connectivity index (χ2n) is 5.23. The predicted octanol–water partition coefficient (Wildman–Crippen LogP) is 2.43. The summed E-state index contributed by atoms with van der Waals surface area (Å²) in [5, 5.41) is 4.42. The van der Waals surface area contributed by atoms with E-state index in [1.165, 1.54) is 16.8 Å². The minimum atomic E-state index is 0.149. The predicted molar refractivity (Wildman–Crippen MR) is 84.0 cm³/mol. The monoisotopic (exact) mass is 272 g/mol. The molecule has 1 aromatic heterocycles. The van der Waals surface area contributed by atoms with Crippen molar-refractivity contribution in [2.75, 3.05) is 18.5 Å². The topological polar surface area (TPSA) is 47.1 Å². The second-order valence-corrected chi connectivity index (χ2v) is 5.23. The van der Waals surface area contributed by atoms with Crippen molar-refractivity contribution >= 4 is 5.69 Å². The van der Waals surface area contributed by atoms with Crippen molar-refractivity contribution in [1.82, 2.24) is 9.78 Å². The summed E-state index contributed by atoms with van der Waals surface area (Å²) in [7, 11) is 4.03. The van der Waals surface area contributed by atoms with Crippen molar-refractivity contribution in [2.24, 2.45) is 12.8 Å². The van der Waals surface area contributed by atoms with Gasteiger partial charge in [0.2, 0.25) is 0 Å². The number of aryl methyl sites for hydroxylation is 3. The van der Waals surface area contributed by atoms with Gasteiger partial charge < -0.3 is 10.6 Å². The van der Waals surface area contributed by atoms with E-state index in [1.807, 2.05) is 18.7 Å². The molecule has 0 radical (unpaired) electrons. The molecule has 4 nitrogen and oxygen atoms in total. The van der Waals surface area contributed by atoms with Gasteiger partial charge in [-0.15, -0.1) is 0 Å². The molecule has 0 saturated carbocycles. The Labute approximate surface area is 121 Å². The lowest BCUT2D eigenvalue weighted by Gasteiger charge is -2.29. The Bertz CT molecular complexity index is 556. The van der Waals surface area contributed by atoms with E-state index >= 15 is 0 Å². The zero-order valence-corrected chi connectivity index (χ0v) is 12.8. The first-order chi connectivity index (χ1) is 9.56. The number of nitrogens with two attached hydrogens (primary N) is 1. The molecule has 1 unspecified atom stereocenters. The maximum atomic E-state index is 6.00. The molecule has 2 rings (SSSR count). The van der Waals surface area contributed by atoms with Crippen LogP contribution < -0.4 is 10.6 Å². The van der Waals surface area contributed by atoms with Crippen molar-refractivity contribution in [2.45, 2.75) is 26.3 Å². The van der Waals surface area contributed by atoms with Crippen LogP contribution in [0, 0.1) is 6.92 Å². The van der Waals surface area contributed by atoms with E-state index in [-0.39, 0.29) is 6.04 Å². The Balaban J connectivity index is 2.28. The highest BCUT2D eigenvalue weighted by Gasteiger charge is 2.20. The maximum Gasteiger partial charge on any atom is 0.0694 e. The van der Waals surface area contributed by atoms with Crippen molar-refractivity contribution in [3.8, 4) is 0 Å². The second kappa shape index (κ2) is 6.09. The van der Waals surface area contributed by atoms with E-state index in [4.69, 9.17) is 5.73 Å². The summed E-state index contributed by atoms with van der Waals surface area (Å²) in [5.41, 5.74) is 10.8. The molecule has 0 spiro atoms. The molecule has 1 atom stereocenters. The van der Waals surface area contributed by atoms with Crippen LogP contribution in [0.1, 0.15) is 29.8 Å². The molecule has 0 aliphatic heterocycles. The van der Waals surface area contributed by atoms with Crippen LogP contribution in [-0.4, -0.2) is 23.4 Å². The van der Waals surface area contributed by atoms with Crippen LogP contribution in [0.5, 0.6) is 0 Å². The van der Waals surface area contributed by atoms with Gasteiger partial charge in [-0.25, -0.2) is 0 Å². The largest absolute Gasteiger partial charge is 0.366 e. The summed E-state index contributed by atoms with van der Waals surface area (Å²) >= 11 is 0. The lowest BCUT2D eigenvalue weighted by Crippen LogP contribution is -2.30. The van der Waals surface area contributed by atoms with Crippen LogP contribution in [0.3, 0.4) is 0 Å². The Hall–Kier alpha value is -1.81.